The minimum atomic E-state index is -0.141. The highest BCUT2D eigenvalue weighted by molar-refractivity contribution is 5.54. The van der Waals surface area contributed by atoms with Crippen LogP contribution in [0.5, 0.6) is 0 Å². The molecule has 3 aromatic heterocycles. The highest BCUT2D eigenvalue weighted by atomic mass is 16.1. The van der Waals surface area contributed by atoms with E-state index in [0.717, 1.165) is 11.3 Å². The summed E-state index contributed by atoms with van der Waals surface area (Å²) in [7, 11) is 0. The van der Waals surface area contributed by atoms with E-state index in [1.807, 2.05) is 6.20 Å². The molecule has 0 radical (unpaired) electrons. The van der Waals surface area contributed by atoms with Gasteiger partial charge in [-0.25, -0.2) is 15.0 Å². The maximum Gasteiger partial charge on any atom is 0.251 e. The van der Waals surface area contributed by atoms with Crippen molar-refractivity contribution in [3.05, 3.63) is 52.9 Å². The summed E-state index contributed by atoms with van der Waals surface area (Å²) in [6.07, 6.45) is 7.26. The van der Waals surface area contributed by atoms with Crippen LogP contribution in [0.15, 0.2) is 35.8 Å². The molecule has 0 aliphatic rings. The zero-order valence-electron chi connectivity index (χ0n) is 11.4. The summed E-state index contributed by atoms with van der Waals surface area (Å²) in [5.41, 5.74) is 2.12. The van der Waals surface area contributed by atoms with Gasteiger partial charge in [-0.2, -0.15) is 0 Å². The molecule has 0 saturated heterocycles. The van der Waals surface area contributed by atoms with Gasteiger partial charge >= 0.3 is 0 Å². The molecular formula is C13H13N7O. The number of aromatic nitrogens is 7. The molecule has 3 rings (SSSR count). The van der Waals surface area contributed by atoms with Crippen LogP contribution in [0, 0.1) is 6.92 Å². The van der Waals surface area contributed by atoms with Crippen LogP contribution in [0.25, 0.3) is 11.3 Å². The Morgan fingerprint density at radius 1 is 1.29 bits per heavy atom. The van der Waals surface area contributed by atoms with Gasteiger partial charge in [-0.05, 0) is 6.92 Å². The Morgan fingerprint density at radius 2 is 2.10 bits per heavy atom. The maximum atomic E-state index is 11.4. The van der Waals surface area contributed by atoms with E-state index in [1.165, 1.54) is 12.4 Å². The summed E-state index contributed by atoms with van der Waals surface area (Å²) < 4.78 is 1.71. The van der Waals surface area contributed by atoms with Crippen LogP contribution in [0.4, 0.5) is 0 Å². The number of hydrogen-bond donors (Lipinski definition) is 1. The number of hydrogen-bond acceptors (Lipinski definition) is 6. The second-order valence-electron chi connectivity index (χ2n) is 4.57. The van der Waals surface area contributed by atoms with E-state index in [0.29, 0.717) is 24.5 Å². The van der Waals surface area contributed by atoms with Crippen LogP contribution < -0.4 is 5.56 Å². The molecule has 8 nitrogen and oxygen atoms in total. The Labute approximate surface area is 119 Å². The lowest BCUT2D eigenvalue weighted by Crippen LogP contribution is -2.12. The van der Waals surface area contributed by atoms with Gasteiger partial charge in [0.25, 0.3) is 5.56 Å². The highest BCUT2D eigenvalue weighted by Gasteiger charge is 2.05. The van der Waals surface area contributed by atoms with Crippen molar-refractivity contribution in [1.29, 1.82) is 0 Å². The molecule has 8 heteroatoms. The molecule has 1 N–H and O–H groups in total. The number of nitrogens with zero attached hydrogens (tertiary/aromatic N) is 6. The second-order valence-corrected chi connectivity index (χ2v) is 4.57. The fourth-order valence-electron chi connectivity index (χ4n) is 1.97. The van der Waals surface area contributed by atoms with Crippen LogP contribution in [-0.2, 0) is 13.0 Å². The van der Waals surface area contributed by atoms with Gasteiger partial charge in [-0.1, -0.05) is 5.21 Å². The van der Waals surface area contributed by atoms with Crippen molar-refractivity contribution in [1.82, 2.24) is 34.9 Å². The van der Waals surface area contributed by atoms with Gasteiger partial charge in [0.15, 0.2) is 0 Å². The molecule has 0 aromatic carbocycles. The average molecular weight is 283 g/mol. The molecule has 106 valence electrons. The number of aryl methyl sites for hydroxylation is 3. The van der Waals surface area contributed by atoms with Gasteiger partial charge in [0, 0.05) is 42.7 Å². The third-order valence-corrected chi connectivity index (χ3v) is 2.91. The molecular weight excluding hydrogens is 270 g/mol. The largest absolute Gasteiger partial charge is 0.311 e. The van der Waals surface area contributed by atoms with Crippen molar-refractivity contribution < 1.29 is 0 Å². The summed E-state index contributed by atoms with van der Waals surface area (Å²) in [5, 5.41) is 8.13. The molecule has 0 amide bonds. The fourth-order valence-corrected chi connectivity index (χ4v) is 1.97. The van der Waals surface area contributed by atoms with E-state index in [-0.39, 0.29) is 5.56 Å². The van der Waals surface area contributed by atoms with Crippen LogP contribution in [0.2, 0.25) is 0 Å². The van der Waals surface area contributed by atoms with E-state index in [2.05, 4.69) is 30.2 Å². The molecule has 0 unspecified atom stereocenters. The fraction of sp³-hybridized carbons (Fsp3) is 0.231. The number of aromatic amines is 1. The SMILES string of the molecule is Cc1nc(CCn2cc(-c3cncnc3)nn2)cc(=O)[nH]1. The Balaban J connectivity index is 1.72. The highest BCUT2D eigenvalue weighted by Crippen LogP contribution is 2.12. The lowest BCUT2D eigenvalue weighted by molar-refractivity contribution is 0.582. The van der Waals surface area contributed by atoms with Crippen LogP contribution in [0.1, 0.15) is 11.5 Å². The van der Waals surface area contributed by atoms with Crippen LogP contribution >= 0.6 is 0 Å². The third-order valence-electron chi connectivity index (χ3n) is 2.91. The van der Waals surface area contributed by atoms with Gasteiger partial charge in [-0.15, -0.1) is 5.10 Å². The molecule has 0 spiro atoms. The summed E-state index contributed by atoms with van der Waals surface area (Å²) >= 11 is 0. The van der Waals surface area contributed by atoms with Crippen molar-refractivity contribution in [2.45, 2.75) is 19.9 Å². The maximum absolute atomic E-state index is 11.4. The number of nitrogens with one attached hydrogen (secondary N) is 1. The molecule has 0 fully saturated rings. The normalized spacial score (nSPS) is 10.7. The van der Waals surface area contributed by atoms with E-state index >= 15 is 0 Å². The number of rotatable bonds is 4. The third kappa shape index (κ3) is 3.16. The van der Waals surface area contributed by atoms with Gasteiger partial charge in [0.05, 0.1) is 6.20 Å². The standard InChI is InChI=1S/C13H13N7O/c1-9-16-11(4-13(21)17-9)2-3-20-7-12(18-19-20)10-5-14-8-15-6-10/h4-8H,2-3H2,1H3,(H,16,17,21). The van der Waals surface area contributed by atoms with Crippen molar-refractivity contribution in [2.24, 2.45) is 0 Å². The molecule has 0 atom stereocenters. The van der Waals surface area contributed by atoms with E-state index in [9.17, 15) is 4.79 Å². The van der Waals surface area contributed by atoms with Crippen molar-refractivity contribution in [3.8, 4) is 11.3 Å². The molecule has 0 aliphatic carbocycles. The molecule has 3 aromatic rings. The summed E-state index contributed by atoms with van der Waals surface area (Å²) in [4.78, 5) is 26.2. The van der Waals surface area contributed by atoms with Crippen molar-refractivity contribution in [2.75, 3.05) is 0 Å². The lowest BCUT2D eigenvalue weighted by Gasteiger charge is -2.01. The quantitative estimate of drug-likeness (QED) is 0.742. The predicted octanol–water partition coefficient (Wildman–Crippen LogP) is 0.370. The molecule has 0 aliphatic heterocycles. The molecule has 0 bridgehead atoms. The Morgan fingerprint density at radius 3 is 2.86 bits per heavy atom. The van der Waals surface area contributed by atoms with Crippen LogP contribution in [0.3, 0.4) is 0 Å². The predicted molar refractivity (Wildman–Crippen MR) is 74.3 cm³/mol. The van der Waals surface area contributed by atoms with E-state index in [1.54, 1.807) is 24.0 Å². The Hall–Kier alpha value is -2.90. The van der Waals surface area contributed by atoms with Gasteiger partial charge in [-0.3, -0.25) is 9.48 Å². The topological polar surface area (TPSA) is 102 Å². The first kappa shape index (κ1) is 13.1. The monoisotopic (exact) mass is 283 g/mol. The first-order chi connectivity index (χ1) is 10.2. The van der Waals surface area contributed by atoms with Gasteiger partial charge in [0.1, 0.15) is 17.8 Å². The summed E-state index contributed by atoms with van der Waals surface area (Å²) in [5.74, 6) is 0.609. The zero-order chi connectivity index (χ0) is 14.7. The minimum Gasteiger partial charge on any atom is -0.311 e. The average Bonchev–Trinajstić information content (AvgIpc) is 2.94. The Bertz CT molecular complexity index is 794. The lowest BCUT2D eigenvalue weighted by atomic mass is 10.2. The van der Waals surface area contributed by atoms with Crippen molar-refractivity contribution in [3.63, 3.8) is 0 Å². The first-order valence-electron chi connectivity index (χ1n) is 6.43. The zero-order valence-corrected chi connectivity index (χ0v) is 11.4. The first-order valence-corrected chi connectivity index (χ1v) is 6.43. The van der Waals surface area contributed by atoms with Crippen molar-refractivity contribution >= 4 is 0 Å². The minimum absolute atomic E-state index is 0.141. The van der Waals surface area contributed by atoms with E-state index < -0.39 is 0 Å². The molecule has 21 heavy (non-hydrogen) atoms. The van der Waals surface area contributed by atoms with E-state index in [4.69, 9.17) is 0 Å². The summed E-state index contributed by atoms with van der Waals surface area (Å²) in [6, 6.07) is 1.50. The van der Waals surface area contributed by atoms with Crippen LogP contribution in [-0.4, -0.2) is 34.9 Å². The number of H-pyrrole nitrogens is 1. The summed E-state index contributed by atoms with van der Waals surface area (Å²) in [6.45, 7) is 2.35. The van der Waals surface area contributed by atoms with Gasteiger partial charge < -0.3 is 4.98 Å². The Kier molecular flexibility index (Phi) is 3.50. The molecule has 0 saturated carbocycles. The smallest absolute Gasteiger partial charge is 0.251 e. The molecule has 3 heterocycles. The second kappa shape index (κ2) is 5.61. The van der Waals surface area contributed by atoms with Gasteiger partial charge in [0.2, 0.25) is 0 Å².